The summed E-state index contributed by atoms with van der Waals surface area (Å²) in [7, 11) is 1.61. The molecular formula is C16H14O3. The molecule has 1 N–H and O–H groups in total. The fraction of sp³-hybridized carbons (Fsp3) is 0.0625. The summed E-state index contributed by atoms with van der Waals surface area (Å²) < 4.78 is 5.06. The Hall–Kier alpha value is -2.55. The van der Waals surface area contributed by atoms with Crippen molar-refractivity contribution in [1.29, 1.82) is 0 Å². The lowest BCUT2D eigenvalue weighted by atomic mass is 10.1. The van der Waals surface area contributed by atoms with Gasteiger partial charge in [-0.25, -0.2) is 0 Å². The van der Waals surface area contributed by atoms with Gasteiger partial charge in [-0.3, -0.25) is 4.79 Å². The minimum absolute atomic E-state index is 0.101. The quantitative estimate of drug-likeness (QED) is 0.672. The number of ether oxygens (including phenoxy) is 1. The van der Waals surface area contributed by atoms with Crippen LogP contribution in [0.5, 0.6) is 11.5 Å². The summed E-state index contributed by atoms with van der Waals surface area (Å²) in [6.07, 6.45) is 3.25. The molecule has 0 radical (unpaired) electrons. The zero-order valence-electron chi connectivity index (χ0n) is 10.5. The fourth-order valence-electron chi connectivity index (χ4n) is 1.61. The van der Waals surface area contributed by atoms with Crippen molar-refractivity contribution in [2.24, 2.45) is 0 Å². The highest BCUT2D eigenvalue weighted by Gasteiger charge is 2.01. The van der Waals surface area contributed by atoms with Gasteiger partial charge in [-0.15, -0.1) is 0 Å². The Kier molecular flexibility index (Phi) is 3.98. The number of hydrogen-bond donors (Lipinski definition) is 1. The first-order valence-corrected chi connectivity index (χ1v) is 5.84. The van der Waals surface area contributed by atoms with E-state index in [4.69, 9.17) is 9.84 Å². The van der Waals surface area contributed by atoms with Crippen LogP contribution >= 0.6 is 0 Å². The third-order valence-corrected chi connectivity index (χ3v) is 2.69. The predicted octanol–water partition coefficient (Wildman–Crippen LogP) is 3.30. The summed E-state index contributed by atoms with van der Waals surface area (Å²) in [6, 6.07) is 13.6. The van der Waals surface area contributed by atoms with Crippen molar-refractivity contribution in [1.82, 2.24) is 0 Å². The number of methoxy groups -OCH3 is 1. The van der Waals surface area contributed by atoms with Crippen LogP contribution < -0.4 is 4.74 Å². The number of carbonyl (C=O) groups is 1. The van der Waals surface area contributed by atoms with Gasteiger partial charge in [-0.1, -0.05) is 18.2 Å². The number of rotatable bonds is 4. The number of allylic oxidation sites excluding steroid dienone is 1. The first-order chi connectivity index (χ1) is 9.19. The molecule has 0 aliphatic heterocycles. The van der Waals surface area contributed by atoms with Gasteiger partial charge in [0.2, 0.25) is 0 Å². The van der Waals surface area contributed by atoms with Crippen molar-refractivity contribution in [3.05, 3.63) is 65.7 Å². The second-order valence-electron chi connectivity index (χ2n) is 4.02. The topological polar surface area (TPSA) is 46.5 Å². The molecule has 0 saturated heterocycles. The standard InChI is InChI=1S/C16H14O3/c1-19-15-9-2-12(3-10-15)4-11-16(18)13-5-7-14(17)8-6-13/h2-11,17H,1H3. The summed E-state index contributed by atoms with van der Waals surface area (Å²) in [5.41, 5.74) is 1.47. The van der Waals surface area contributed by atoms with Gasteiger partial charge in [-0.05, 0) is 48.0 Å². The lowest BCUT2D eigenvalue weighted by molar-refractivity contribution is 0.104. The van der Waals surface area contributed by atoms with Crippen molar-refractivity contribution in [2.45, 2.75) is 0 Å². The lowest BCUT2D eigenvalue weighted by Crippen LogP contribution is -1.92. The van der Waals surface area contributed by atoms with E-state index in [1.807, 2.05) is 24.3 Å². The van der Waals surface area contributed by atoms with Crippen LogP contribution in [-0.2, 0) is 0 Å². The van der Waals surface area contributed by atoms with Crippen LogP contribution in [0.1, 0.15) is 15.9 Å². The van der Waals surface area contributed by atoms with E-state index < -0.39 is 0 Å². The molecule has 2 aromatic carbocycles. The van der Waals surface area contributed by atoms with E-state index in [-0.39, 0.29) is 11.5 Å². The number of aromatic hydroxyl groups is 1. The molecule has 2 rings (SSSR count). The van der Waals surface area contributed by atoms with Gasteiger partial charge < -0.3 is 9.84 Å². The smallest absolute Gasteiger partial charge is 0.185 e. The number of carbonyl (C=O) groups excluding carboxylic acids is 1. The lowest BCUT2D eigenvalue weighted by Gasteiger charge is -1.99. The fourth-order valence-corrected chi connectivity index (χ4v) is 1.61. The van der Waals surface area contributed by atoms with Gasteiger partial charge in [0.1, 0.15) is 11.5 Å². The van der Waals surface area contributed by atoms with Crippen molar-refractivity contribution >= 4 is 11.9 Å². The van der Waals surface area contributed by atoms with Gasteiger partial charge in [-0.2, -0.15) is 0 Å². The number of ketones is 1. The van der Waals surface area contributed by atoms with Crippen molar-refractivity contribution in [3.63, 3.8) is 0 Å². The Morgan fingerprint density at radius 1 is 1.05 bits per heavy atom. The number of benzene rings is 2. The second-order valence-corrected chi connectivity index (χ2v) is 4.02. The van der Waals surface area contributed by atoms with Crippen LogP contribution in [0.2, 0.25) is 0 Å². The molecule has 3 nitrogen and oxygen atoms in total. The summed E-state index contributed by atoms with van der Waals surface area (Å²) in [6.45, 7) is 0. The summed E-state index contributed by atoms with van der Waals surface area (Å²) in [5, 5.41) is 9.15. The molecule has 0 aromatic heterocycles. The van der Waals surface area contributed by atoms with E-state index in [9.17, 15) is 4.79 Å². The molecule has 0 amide bonds. The Morgan fingerprint density at radius 2 is 1.68 bits per heavy atom. The maximum atomic E-state index is 11.9. The number of phenols is 1. The average Bonchev–Trinajstić information content (AvgIpc) is 2.46. The van der Waals surface area contributed by atoms with Gasteiger partial charge in [0.25, 0.3) is 0 Å². The van der Waals surface area contributed by atoms with E-state index in [2.05, 4.69) is 0 Å². The Labute approximate surface area is 111 Å². The van der Waals surface area contributed by atoms with Gasteiger partial charge in [0, 0.05) is 5.56 Å². The minimum atomic E-state index is -0.101. The molecule has 19 heavy (non-hydrogen) atoms. The molecule has 0 unspecified atom stereocenters. The zero-order chi connectivity index (χ0) is 13.7. The summed E-state index contributed by atoms with van der Waals surface area (Å²) in [5.74, 6) is 0.827. The van der Waals surface area contributed by atoms with E-state index in [0.717, 1.165) is 11.3 Å². The third kappa shape index (κ3) is 3.45. The Bertz CT molecular complexity index is 580. The zero-order valence-corrected chi connectivity index (χ0v) is 10.5. The largest absolute Gasteiger partial charge is 0.508 e. The average molecular weight is 254 g/mol. The molecule has 3 heteroatoms. The number of phenolic OH excluding ortho intramolecular Hbond substituents is 1. The molecule has 2 aromatic rings. The molecule has 0 atom stereocenters. The second kappa shape index (κ2) is 5.87. The van der Waals surface area contributed by atoms with Crippen LogP contribution in [0.3, 0.4) is 0 Å². The molecule has 0 aliphatic carbocycles. The SMILES string of the molecule is COc1ccc(C=CC(=O)c2ccc(O)cc2)cc1. The number of hydrogen-bond acceptors (Lipinski definition) is 3. The molecule has 0 saturated carbocycles. The van der Waals surface area contributed by atoms with Gasteiger partial charge in [0.05, 0.1) is 7.11 Å². The Balaban J connectivity index is 2.08. The highest BCUT2D eigenvalue weighted by Crippen LogP contribution is 2.14. The van der Waals surface area contributed by atoms with Crippen LogP contribution in [0.25, 0.3) is 6.08 Å². The van der Waals surface area contributed by atoms with Crippen molar-refractivity contribution in [2.75, 3.05) is 7.11 Å². The summed E-state index contributed by atoms with van der Waals surface area (Å²) in [4.78, 5) is 11.9. The van der Waals surface area contributed by atoms with Gasteiger partial charge >= 0.3 is 0 Å². The molecule has 0 heterocycles. The normalized spacial score (nSPS) is 10.6. The van der Waals surface area contributed by atoms with Crippen molar-refractivity contribution in [3.8, 4) is 11.5 Å². The van der Waals surface area contributed by atoms with Crippen LogP contribution in [0.15, 0.2) is 54.6 Å². The van der Waals surface area contributed by atoms with E-state index in [1.165, 1.54) is 18.2 Å². The minimum Gasteiger partial charge on any atom is -0.508 e. The summed E-state index contributed by atoms with van der Waals surface area (Å²) >= 11 is 0. The molecule has 0 fully saturated rings. The maximum absolute atomic E-state index is 11.9. The van der Waals surface area contributed by atoms with Crippen molar-refractivity contribution < 1.29 is 14.6 Å². The molecule has 0 aliphatic rings. The molecule has 96 valence electrons. The van der Waals surface area contributed by atoms with E-state index in [1.54, 1.807) is 25.3 Å². The van der Waals surface area contributed by atoms with Gasteiger partial charge in [0.15, 0.2) is 5.78 Å². The van der Waals surface area contributed by atoms with Crippen LogP contribution in [-0.4, -0.2) is 18.0 Å². The van der Waals surface area contributed by atoms with E-state index >= 15 is 0 Å². The highest BCUT2D eigenvalue weighted by molar-refractivity contribution is 6.06. The highest BCUT2D eigenvalue weighted by atomic mass is 16.5. The monoisotopic (exact) mass is 254 g/mol. The van der Waals surface area contributed by atoms with Crippen LogP contribution in [0.4, 0.5) is 0 Å². The van der Waals surface area contributed by atoms with Crippen LogP contribution in [0, 0.1) is 0 Å². The first kappa shape index (κ1) is 12.9. The maximum Gasteiger partial charge on any atom is 0.185 e. The molecule has 0 bridgehead atoms. The Morgan fingerprint density at radius 3 is 2.26 bits per heavy atom. The third-order valence-electron chi connectivity index (χ3n) is 2.69. The molecular weight excluding hydrogens is 240 g/mol. The first-order valence-electron chi connectivity index (χ1n) is 5.84. The molecule has 0 spiro atoms. The van der Waals surface area contributed by atoms with E-state index in [0.29, 0.717) is 5.56 Å². The predicted molar refractivity (Wildman–Crippen MR) is 74.5 cm³/mol.